The van der Waals surface area contributed by atoms with E-state index in [2.05, 4.69) is 0 Å². The fourth-order valence-electron chi connectivity index (χ4n) is 3.52. The maximum atomic E-state index is 13.4. The van der Waals surface area contributed by atoms with Crippen LogP contribution in [0.2, 0.25) is 0 Å². The number of esters is 1. The van der Waals surface area contributed by atoms with Crippen molar-refractivity contribution in [1.82, 2.24) is 9.47 Å². The summed E-state index contributed by atoms with van der Waals surface area (Å²) in [6.45, 7) is 0.609. The van der Waals surface area contributed by atoms with Gasteiger partial charge >= 0.3 is 12.1 Å². The van der Waals surface area contributed by atoms with Crippen LogP contribution in [0.5, 0.6) is 0 Å². The van der Waals surface area contributed by atoms with E-state index in [0.29, 0.717) is 37.7 Å². The molecular formula is C21H21F3N2O3. The van der Waals surface area contributed by atoms with Crippen molar-refractivity contribution in [3.8, 4) is 0 Å². The Balaban J connectivity index is 1.72. The fourth-order valence-corrected chi connectivity index (χ4v) is 3.52. The van der Waals surface area contributed by atoms with Crippen LogP contribution in [0.3, 0.4) is 0 Å². The Labute approximate surface area is 166 Å². The van der Waals surface area contributed by atoms with Crippen LogP contribution < -0.4 is 0 Å². The number of aromatic nitrogens is 1. The molecule has 154 valence electrons. The first-order valence-electron chi connectivity index (χ1n) is 9.19. The number of hydrogen-bond acceptors (Lipinski definition) is 3. The molecule has 1 saturated heterocycles. The van der Waals surface area contributed by atoms with E-state index in [1.165, 1.54) is 36.3 Å². The second-order valence-electron chi connectivity index (χ2n) is 6.77. The minimum absolute atomic E-state index is 0.0247. The molecule has 0 radical (unpaired) electrons. The highest BCUT2D eigenvalue weighted by Crippen LogP contribution is 2.34. The van der Waals surface area contributed by atoms with Crippen LogP contribution in [0.1, 0.15) is 34.9 Å². The number of nitrogens with zero attached hydrogens (tertiary/aromatic N) is 2. The molecule has 8 heteroatoms. The average molecular weight is 406 g/mol. The predicted molar refractivity (Wildman–Crippen MR) is 101 cm³/mol. The zero-order valence-corrected chi connectivity index (χ0v) is 15.9. The van der Waals surface area contributed by atoms with Crippen LogP contribution in [0, 0.1) is 0 Å². The van der Waals surface area contributed by atoms with Crippen molar-refractivity contribution in [1.29, 1.82) is 0 Å². The summed E-state index contributed by atoms with van der Waals surface area (Å²) >= 11 is 0. The van der Waals surface area contributed by atoms with E-state index in [4.69, 9.17) is 4.74 Å². The smallest absolute Gasteiger partial charge is 0.417 e. The average Bonchev–Trinajstić information content (AvgIpc) is 3.21. The number of carbonyl (C=O) groups is 2. The van der Waals surface area contributed by atoms with Crippen molar-refractivity contribution < 1.29 is 27.5 Å². The van der Waals surface area contributed by atoms with Gasteiger partial charge in [-0.15, -0.1) is 0 Å². The summed E-state index contributed by atoms with van der Waals surface area (Å²) in [5.41, 5.74) is -0.581. The molecule has 29 heavy (non-hydrogen) atoms. The lowest BCUT2D eigenvalue weighted by atomic mass is 10.0. The minimum atomic E-state index is -4.63. The van der Waals surface area contributed by atoms with Crippen molar-refractivity contribution in [3.63, 3.8) is 0 Å². The van der Waals surface area contributed by atoms with E-state index in [-0.39, 0.29) is 11.6 Å². The van der Waals surface area contributed by atoms with E-state index >= 15 is 0 Å². The second kappa shape index (κ2) is 8.55. The lowest BCUT2D eigenvalue weighted by Crippen LogP contribution is -2.39. The predicted octanol–water partition coefficient (Wildman–Crippen LogP) is 4.08. The number of hydrogen-bond donors (Lipinski definition) is 0. The summed E-state index contributed by atoms with van der Waals surface area (Å²) < 4.78 is 46.9. The number of alkyl halides is 3. The number of allylic oxidation sites excluding steroid dienone is 1. The van der Waals surface area contributed by atoms with Gasteiger partial charge in [-0.1, -0.05) is 30.3 Å². The molecule has 0 atom stereocenters. The molecule has 1 aromatic carbocycles. The zero-order valence-electron chi connectivity index (χ0n) is 15.9. The molecule has 0 N–H and O–H groups in total. The summed E-state index contributed by atoms with van der Waals surface area (Å²) in [4.78, 5) is 25.8. The van der Waals surface area contributed by atoms with Crippen LogP contribution in [-0.2, 0) is 9.53 Å². The first-order valence-corrected chi connectivity index (χ1v) is 9.19. The van der Waals surface area contributed by atoms with E-state index in [1.54, 1.807) is 29.0 Å². The number of halogens is 3. The number of amides is 1. The summed E-state index contributed by atoms with van der Waals surface area (Å²) in [7, 11) is 1.30. The number of benzene rings is 1. The van der Waals surface area contributed by atoms with Gasteiger partial charge in [-0.2, -0.15) is 13.2 Å². The summed E-state index contributed by atoms with van der Waals surface area (Å²) in [5, 5.41) is 0. The molecule has 1 aliphatic heterocycles. The maximum Gasteiger partial charge on any atom is 0.417 e. The molecule has 1 aromatic heterocycles. The van der Waals surface area contributed by atoms with Crippen molar-refractivity contribution in [2.24, 2.45) is 0 Å². The molecule has 5 nitrogen and oxygen atoms in total. The Hall–Kier alpha value is -3.03. The summed E-state index contributed by atoms with van der Waals surface area (Å²) in [6, 6.07) is 10.7. The highest BCUT2D eigenvalue weighted by atomic mass is 19.4. The van der Waals surface area contributed by atoms with Gasteiger partial charge in [0.25, 0.3) is 0 Å². The van der Waals surface area contributed by atoms with Crippen molar-refractivity contribution in [2.75, 3.05) is 20.2 Å². The maximum absolute atomic E-state index is 13.4. The van der Waals surface area contributed by atoms with Crippen LogP contribution >= 0.6 is 0 Å². The molecular weight excluding hydrogens is 385 g/mol. The molecule has 2 aromatic rings. The van der Waals surface area contributed by atoms with Gasteiger partial charge in [0.2, 0.25) is 5.91 Å². The van der Waals surface area contributed by atoms with Crippen LogP contribution in [0.15, 0.2) is 54.7 Å². The molecule has 0 spiro atoms. The molecule has 0 bridgehead atoms. The monoisotopic (exact) mass is 406 g/mol. The van der Waals surface area contributed by atoms with Gasteiger partial charge in [0.15, 0.2) is 0 Å². The Kier molecular flexibility index (Phi) is 6.10. The Morgan fingerprint density at radius 3 is 2.31 bits per heavy atom. The molecule has 0 saturated carbocycles. The van der Waals surface area contributed by atoms with E-state index in [0.717, 1.165) is 0 Å². The zero-order chi connectivity index (χ0) is 21.0. The second-order valence-corrected chi connectivity index (χ2v) is 6.77. The molecule has 1 fully saturated rings. The highest BCUT2D eigenvalue weighted by molar-refractivity contribution is 5.96. The summed E-state index contributed by atoms with van der Waals surface area (Å²) in [5.74, 6) is -1.12. The van der Waals surface area contributed by atoms with Gasteiger partial charge in [-0.25, -0.2) is 4.79 Å². The van der Waals surface area contributed by atoms with Gasteiger partial charge in [0, 0.05) is 31.4 Å². The van der Waals surface area contributed by atoms with Crippen molar-refractivity contribution >= 4 is 17.4 Å². The molecule has 0 aliphatic carbocycles. The lowest BCUT2D eigenvalue weighted by Gasteiger charge is -2.33. The third-order valence-corrected chi connectivity index (χ3v) is 5.00. The van der Waals surface area contributed by atoms with Gasteiger partial charge in [0.1, 0.15) is 5.69 Å². The van der Waals surface area contributed by atoms with Crippen LogP contribution in [0.4, 0.5) is 13.2 Å². The van der Waals surface area contributed by atoms with E-state index in [1.807, 2.05) is 0 Å². The standard InChI is InChI=1S/C21H21F3N2O3/c1-29-20(28)18-8-5-11-26(18)16-9-12-25(13-10-16)19(27)14-17(21(22,23)24)15-6-3-2-4-7-15/h2-8,11,14,16H,9-10,12-13H2,1H3/b17-14-. The summed E-state index contributed by atoms with van der Waals surface area (Å²) in [6.07, 6.45) is -1.12. The van der Waals surface area contributed by atoms with Crippen molar-refractivity contribution in [2.45, 2.75) is 25.1 Å². The quantitative estimate of drug-likeness (QED) is 0.568. The van der Waals surface area contributed by atoms with E-state index in [9.17, 15) is 22.8 Å². The Bertz CT molecular complexity index is 895. The number of methoxy groups -OCH3 is 1. The molecule has 0 unspecified atom stereocenters. The third-order valence-electron chi connectivity index (χ3n) is 5.00. The van der Waals surface area contributed by atoms with Gasteiger partial charge in [0.05, 0.1) is 12.7 Å². The van der Waals surface area contributed by atoms with Gasteiger partial charge < -0.3 is 14.2 Å². The fraction of sp³-hybridized carbons (Fsp3) is 0.333. The van der Waals surface area contributed by atoms with Crippen LogP contribution in [0.25, 0.3) is 5.57 Å². The lowest BCUT2D eigenvalue weighted by molar-refractivity contribution is -0.127. The third kappa shape index (κ3) is 4.70. The Morgan fingerprint density at radius 2 is 1.72 bits per heavy atom. The first-order chi connectivity index (χ1) is 13.8. The SMILES string of the molecule is COC(=O)c1cccn1C1CCN(C(=O)/C=C(/c2ccccc2)C(F)(F)F)CC1. The minimum Gasteiger partial charge on any atom is -0.464 e. The number of rotatable bonds is 4. The van der Waals surface area contributed by atoms with E-state index < -0.39 is 23.6 Å². The molecule has 1 aliphatic rings. The number of likely N-dealkylation sites (tertiary alicyclic amines) is 1. The first kappa shape index (κ1) is 20.7. The Morgan fingerprint density at radius 1 is 1.07 bits per heavy atom. The largest absolute Gasteiger partial charge is 0.464 e. The molecule has 1 amide bonds. The molecule has 2 heterocycles. The normalized spacial score (nSPS) is 16.0. The highest BCUT2D eigenvalue weighted by Gasteiger charge is 2.36. The number of carbonyl (C=O) groups excluding carboxylic acids is 2. The number of piperidine rings is 1. The van der Waals surface area contributed by atoms with Gasteiger partial charge in [-0.05, 0) is 30.5 Å². The molecule has 3 rings (SSSR count). The van der Waals surface area contributed by atoms with Crippen molar-refractivity contribution in [3.05, 3.63) is 66.0 Å². The topological polar surface area (TPSA) is 51.5 Å². The number of ether oxygens (including phenoxy) is 1. The van der Waals surface area contributed by atoms with Crippen LogP contribution in [-0.4, -0.2) is 47.7 Å². The van der Waals surface area contributed by atoms with Gasteiger partial charge in [-0.3, -0.25) is 4.79 Å².